The molecule has 0 saturated heterocycles. The van der Waals surface area contributed by atoms with Gasteiger partial charge in [0, 0.05) is 19.3 Å². The summed E-state index contributed by atoms with van der Waals surface area (Å²) in [5, 5.41) is 0. The maximum Gasteiger partial charge on any atom is 0.306 e. The average Bonchev–Trinajstić information content (AvgIpc) is 3.50. The molecule has 0 N–H and O–H groups in total. The van der Waals surface area contributed by atoms with Crippen LogP contribution in [0.4, 0.5) is 0 Å². The number of ether oxygens (including phenoxy) is 3. The van der Waals surface area contributed by atoms with Crippen LogP contribution in [0, 0.1) is 0 Å². The summed E-state index contributed by atoms with van der Waals surface area (Å²) in [5.41, 5.74) is 0. The zero-order valence-corrected chi connectivity index (χ0v) is 54.7. The predicted molar refractivity (Wildman–Crippen MR) is 362 cm³/mol. The first-order valence-electron chi connectivity index (χ1n) is 35.4. The van der Waals surface area contributed by atoms with Crippen molar-refractivity contribution in [2.75, 3.05) is 13.2 Å². The van der Waals surface area contributed by atoms with Crippen molar-refractivity contribution in [2.24, 2.45) is 0 Å². The summed E-state index contributed by atoms with van der Waals surface area (Å²) < 4.78 is 17.0. The minimum Gasteiger partial charge on any atom is -0.462 e. The van der Waals surface area contributed by atoms with Crippen molar-refractivity contribution in [1.82, 2.24) is 0 Å². The lowest BCUT2D eigenvalue weighted by atomic mass is 10.0. The molecule has 6 heteroatoms. The Kier molecular flexibility index (Phi) is 67.2. The molecular formula is C77H132O6. The number of hydrogen-bond donors (Lipinski definition) is 0. The molecule has 0 fully saturated rings. The van der Waals surface area contributed by atoms with Crippen LogP contribution in [0.5, 0.6) is 0 Å². The van der Waals surface area contributed by atoms with Crippen LogP contribution >= 0.6 is 0 Å². The SMILES string of the molecule is CC/C=C\C/C=C\C/C=C\C/C=C\CCCCCCCCCCCCCCC(=O)OCC(COC(=O)CCCCCCCCCCC/C=C\CCCCCCCC)OC(=O)CCCCCCCCCC/C=C\C/C=C\C/C=C\C/C=C\CC. The van der Waals surface area contributed by atoms with E-state index in [1.54, 1.807) is 0 Å². The molecule has 1 atom stereocenters. The van der Waals surface area contributed by atoms with E-state index < -0.39 is 6.10 Å². The molecule has 0 heterocycles. The van der Waals surface area contributed by atoms with Crippen LogP contribution in [0.25, 0.3) is 0 Å². The van der Waals surface area contributed by atoms with Crippen LogP contribution in [0.2, 0.25) is 0 Å². The third-order valence-electron chi connectivity index (χ3n) is 15.2. The molecule has 0 aliphatic rings. The predicted octanol–water partition coefficient (Wildman–Crippen LogP) is 24.6. The Balaban J connectivity index is 4.38. The van der Waals surface area contributed by atoms with E-state index in [-0.39, 0.29) is 31.1 Å². The van der Waals surface area contributed by atoms with Crippen molar-refractivity contribution in [3.63, 3.8) is 0 Å². The van der Waals surface area contributed by atoms with Gasteiger partial charge in [-0.15, -0.1) is 0 Å². The van der Waals surface area contributed by atoms with Crippen molar-refractivity contribution in [1.29, 1.82) is 0 Å². The molecule has 6 nitrogen and oxygen atoms in total. The largest absolute Gasteiger partial charge is 0.462 e. The van der Waals surface area contributed by atoms with Gasteiger partial charge in [0.25, 0.3) is 0 Å². The van der Waals surface area contributed by atoms with E-state index in [1.807, 2.05) is 0 Å². The molecular weight excluding hydrogens is 1020 g/mol. The summed E-state index contributed by atoms with van der Waals surface area (Å²) in [6.45, 7) is 6.44. The second kappa shape index (κ2) is 70.6. The Bertz CT molecular complexity index is 1660. The lowest BCUT2D eigenvalue weighted by molar-refractivity contribution is -0.167. The van der Waals surface area contributed by atoms with Gasteiger partial charge in [-0.3, -0.25) is 14.4 Å². The maximum atomic E-state index is 13.0. The molecule has 0 aromatic heterocycles. The van der Waals surface area contributed by atoms with Gasteiger partial charge in [-0.1, -0.05) is 310 Å². The Morgan fingerprint density at radius 2 is 0.470 bits per heavy atom. The second-order valence-electron chi connectivity index (χ2n) is 23.4. The number of carbonyl (C=O) groups is 3. The lowest BCUT2D eigenvalue weighted by Crippen LogP contribution is -2.30. The van der Waals surface area contributed by atoms with Gasteiger partial charge in [0.15, 0.2) is 6.10 Å². The smallest absolute Gasteiger partial charge is 0.306 e. The topological polar surface area (TPSA) is 78.9 Å². The average molecular weight is 1150 g/mol. The molecule has 0 aliphatic carbocycles. The molecule has 0 bridgehead atoms. The number of hydrogen-bond acceptors (Lipinski definition) is 6. The van der Waals surface area contributed by atoms with Gasteiger partial charge in [-0.25, -0.2) is 0 Å². The van der Waals surface area contributed by atoms with Crippen LogP contribution in [0.3, 0.4) is 0 Å². The van der Waals surface area contributed by atoms with Gasteiger partial charge in [0.05, 0.1) is 0 Å². The van der Waals surface area contributed by atoms with Crippen molar-refractivity contribution in [2.45, 2.75) is 348 Å². The molecule has 83 heavy (non-hydrogen) atoms. The fraction of sp³-hybridized carbons (Fsp3) is 0.727. The Morgan fingerprint density at radius 1 is 0.253 bits per heavy atom. The highest BCUT2D eigenvalue weighted by Crippen LogP contribution is 2.17. The fourth-order valence-corrected chi connectivity index (χ4v) is 10.0. The molecule has 0 radical (unpaired) electrons. The van der Waals surface area contributed by atoms with Gasteiger partial charge < -0.3 is 14.2 Å². The van der Waals surface area contributed by atoms with Gasteiger partial charge in [-0.2, -0.15) is 0 Å². The number of allylic oxidation sites excluding steroid dienone is 18. The van der Waals surface area contributed by atoms with E-state index in [0.29, 0.717) is 19.3 Å². The molecule has 0 amide bonds. The Labute approximate surface area is 514 Å². The summed E-state index contributed by atoms with van der Waals surface area (Å²) in [5.74, 6) is -0.879. The molecule has 0 rings (SSSR count). The van der Waals surface area contributed by atoms with Crippen LogP contribution in [-0.2, 0) is 28.6 Å². The van der Waals surface area contributed by atoms with E-state index >= 15 is 0 Å². The fourth-order valence-electron chi connectivity index (χ4n) is 10.0. The van der Waals surface area contributed by atoms with Crippen molar-refractivity contribution < 1.29 is 28.6 Å². The van der Waals surface area contributed by atoms with E-state index in [0.717, 1.165) is 116 Å². The summed E-state index contributed by atoms with van der Waals surface area (Å²) in [6, 6.07) is 0. The number of carbonyl (C=O) groups excluding carboxylic acids is 3. The first-order chi connectivity index (χ1) is 41.0. The lowest BCUT2D eigenvalue weighted by Gasteiger charge is -2.18. The molecule has 0 aromatic rings. The van der Waals surface area contributed by atoms with Crippen LogP contribution in [0.15, 0.2) is 109 Å². The monoisotopic (exact) mass is 1150 g/mol. The molecule has 0 saturated carbocycles. The summed E-state index contributed by atoms with van der Waals surface area (Å²) in [6.07, 6.45) is 96.7. The molecule has 1 unspecified atom stereocenters. The zero-order chi connectivity index (χ0) is 59.9. The first-order valence-corrected chi connectivity index (χ1v) is 35.4. The second-order valence-corrected chi connectivity index (χ2v) is 23.4. The van der Waals surface area contributed by atoms with Crippen LogP contribution < -0.4 is 0 Å². The van der Waals surface area contributed by atoms with Crippen molar-refractivity contribution in [3.05, 3.63) is 109 Å². The summed E-state index contributed by atoms with van der Waals surface area (Å²) in [4.78, 5) is 38.5. The number of unbranched alkanes of at least 4 members (excludes halogenated alkanes) is 35. The quantitative estimate of drug-likeness (QED) is 0.0261. The van der Waals surface area contributed by atoms with E-state index in [4.69, 9.17) is 14.2 Å². The van der Waals surface area contributed by atoms with Gasteiger partial charge >= 0.3 is 17.9 Å². The minimum absolute atomic E-state index is 0.0816. The normalized spacial score (nSPS) is 12.8. The summed E-state index contributed by atoms with van der Waals surface area (Å²) in [7, 11) is 0. The van der Waals surface area contributed by atoms with Gasteiger partial charge in [0.2, 0.25) is 0 Å². The number of esters is 3. The highest BCUT2D eigenvalue weighted by atomic mass is 16.6. The van der Waals surface area contributed by atoms with Gasteiger partial charge in [0.1, 0.15) is 13.2 Å². The maximum absolute atomic E-state index is 13.0. The van der Waals surface area contributed by atoms with E-state index in [1.165, 1.54) is 186 Å². The first kappa shape index (κ1) is 79.1. The summed E-state index contributed by atoms with van der Waals surface area (Å²) >= 11 is 0. The van der Waals surface area contributed by atoms with E-state index in [2.05, 4.69) is 130 Å². The highest BCUT2D eigenvalue weighted by molar-refractivity contribution is 5.71. The van der Waals surface area contributed by atoms with Crippen LogP contribution in [-0.4, -0.2) is 37.2 Å². The number of rotatable bonds is 64. The van der Waals surface area contributed by atoms with Crippen LogP contribution in [0.1, 0.15) is 342 Å². The van der Waals surface area contributed by atoms with Gasteiger partial charge in [-0.05, 0) is 122 Å². The minimum atomic E-state index is -0.788. The highest BCUT2D eigenvalue weighted by Gasteiger charge is 2.19. The molecule has 0 aliphatic heterocycles. The van der Waals surface area contributed by atoms with E-state index in [9.17, 15) is 14.4 Å². The third kappa shape index (κ3) is 68.7. The van der Waals surface area contributed by atoms with Crippen molar-refractivity contribution in [3.8, 4) is 0 Å². The standard InChI is InChI=1S/C77H132O6/c1-4-7-10-13-16-19-22-25-28-31-34-36-37-38-39-41-43-46-49-52-55-58-61-64-67-70-76(79)82-73-74(72-81-75(78)69-66-63-60-57-54-51-48-45-42-33-30-27-24-21-18-15-12-9-6-3)83-77(80)71-68-65-62-59-56-53-50-47-44-40-35-32-29-26-23-20-17-14-11-8-5-2/h7-8,10-11,16-17,19-20,25-30,34-36,40,74H,4-6,9,12-15,18,21-24,31-33,37-39,41-73H2,1-3H3/b10-7-,11-8-,19-16-,20-17-,28-25-,29-26-,30-27-,36-34-,40-35-. The molecule has 0 aromatic carbocycles. The molecule has 0 spiro atoms. The Morgan fingerprint density at radius 3 is 0.747 bits per heavy atom. The third-order valence-corrected chi connectivity index (χ3v) is 15.2. The molecule has 476 valence electrons. The zero-order valence-electron chi connectivity index (χ0n) is 54.7. The Hall–Kier alpha value is -3.93. The van der Waals surface area contributed by atoms with Crippen molar-refractivity contribution >= 4 is 17.9 Å².